The summed E-state index contributed by atoms with van der Waals surface area (Å²) in [6.45, 7) is 8.08. The fourth-order valence-electron chi connectivity index (χ4n) is 2.06. The number of allylic oxidation sites excluding steroid dienone is 3. The smallest absolute Gasteiger partial charge is 0.188 e. The van der Waals surface area contributed by atoms with Gasteiger partial charge in [-0.25, -0.2) is 0 Å². The Hall–Kier alpha value is -1.70. The zero-order valence-corrected chi connectivity index (χ0v) is 9.66. The third kappa shape index (κ3) is 1.96. The maximum atomic E-state index is 12.0. The number of ketones is 1. The van der Waals surface area contributed by atoms with Crippen LogP contribution < -0.4 is 0 Å². The van der Waals surface area contributed by atoms with E-state index >= 15 is 0 Å². The lowest BCUT2D eigenvalue weighted by Crippen LogP contribution is -2.21. The van der Waals surface area contributed by atoms with Gasteiger partial charge in [0, 0.05) is 23.5 Å². The van der Waals surface area contributed by atoms with Gasteiger partial charge < -0.3 is 0 Å². The molecule has 16 heavy (non-hydrogen) atoms. The van der Waals surface area contributed by atoms with Crippen molar-refractivity contribution < 1.29 is 4.79 Å². The van der Waals surface area contributed by atoms with Crippen molar-refractivity contribution in [3.8, 4) is 0 Å². The van der Waals surface area contributed by atoms with E-state index in [2.05, 4.69) is 25.4 Å². The molecule has 1 aromatic rings. The van der Waals surface area contributed by atoms with Gasteiger partial charge in [-0.2, -0.15) is 0 Å². The maximum Gasteiger partial charge on any atom is 0.188 e. The molecule has 0 fully saturated rings. The standard InChI is InChI=1S/C14H15NO/c1-10-7-14(2,3)8-12(13(10)16)11-5-4-6-15-9-11/h4-6,8-9H,1,7H2,2-3H3. The Kier molecular flexibility index (Phi) is 2.50. The number of Topliss-reactive ketones (excluding diaryl/α,β-unsaturated/α-hetero) is 1. The third-order valence-corrected chi connectivity index (χ3v) is 2.74. The largest absolute Gasteiger partial charge is 0.289 e. The lowest BCUT2D eigenvalue weighted by molar-refractivity contribution is -0.111. The summed E-state index contributed by atoms with van der Waals surface area (Å²) in [5, 5.41) is 0. The van der Waals surface area contributed by atoms with Crippen LogP contribution in [0.3, 0.4) is 0 Å². The summed E-state index contributed by atoms with van der Waals surface area (Å²) in [6.07, 6.45) is 6.19. The quantitative estimate of drug-likeness (QED) is 0.671. The Bertz CT molecular complexity index is 469. The molecule has 2 heteroatoms. The summed E-state index contributed by atoms with van der Waals surface area (Å²) >= 11 is 0. The van der Waals surface area contributed by atoms with E-state index in [0.717, 1.165) is 17.6 Å². The highest BCUT2D eigenvalue weighted by atomic mass is 16.1. The molecule has 0 radical (unpaired) electrons. The van der Waals surface area contributed by atoms with Gasteiger partial charge in [0.1, 0.15) is 0 Å². The van der Waals surface area contributed by atoms with E-state index in [1.807, 2.05) is 18.2 Å². The highest BCUT2D eigenvalue weighted by molar-refractivity contribution is 6.29. The summed E-state index contributed by atoms with van der Waals surface area (Å²) in [5.41, 5.74) is 2.29. The maximum absolute atomic E-state index is 12.0. The van der Waals surface area contributed by atoms with Gasteiger partial charge in [-0.05, 0) is 23.5 Å². The molecule has 0 amide bonds. The van der Waals surface area contributed by atoms with Crippen molar-refractivity contribution in [2.24, 2.45) is 5.41 Å². The van der Waals surface area contributed by atoms with Gasteiger partial charge in [0.2, 0.25) is 0 Å². The van der Waals surface area contributed by atoms with Crippen molar-refractivity contribution in [2.75, 3.05) is 0 Å². The van der Waals surface area contributed by atoms with Crippen molar-refractivity contribution in [1.82, 2.24) is 4.98 Å². The minimum atomic E-state index is -0.00380. The first-order chi connectivity index (χ1) is 7.49. The van der Waals surface area contributed by atoms with Crippen LogP contribution in [0.5, 0.6) is 0 Å². The van der Waals surface area contributed by atoms with E-state index in [-0.39, 0.29) is 11.2 Å². The van der Waals surface area contributed by atoms with Crippen LogP contribution in [0.4, 0.5) is 0 Å². The second-order valence-electron chi connectivity index (χ2n) is 4.90. The molecule has 0 N–H and O–H groups in total. The minimum absolute atomic E-state index is 0.00380. The number of carbonyl (C=O) groups is 1. The van der Waals surface area contributed by atoms with E-state index in [1.54, 1.807) is 12.4 Å². The molecule has 1 aromatic heterocycles. The molecule has 0 unspecified atom stereocenters. The monoisotopic (exact) mass is 213 g/mol. The van der Waals surface area contributed by atoms with Crippen LogP contribution in [0.25, 0.3) is 5.57 Å². The van der Waals surface area contributed by atoms with Gasteiger partial charge in [-0.1, -0.05) is 32.6 Å². The van der Waals surface area contributed by atoms with Gasteiger partial charge in [0.15, 0.2) is 5.78 Å². The molecule has 2 rings (SSSR count). The lowest BCUT2D eigenvalue weighted by atomic mass is 9.75. The van der Waals surface area contributed by atoms with E-state index in [0.29, 0.717) is 5.57 Å². The van der Waals surface area contributed by atoms with Gasteiger partial charge >= 0.3 is 0 Å². The van der Waals surface area contributed by atoms with E-state index < -0.39 is 0 Å². The topological polar surface area (TPSA) is 30.0 Å². The zero-order chi connectivity index (χ0) is 11.8. The number of nitrogens with zero attached hydrogens (tertiary/aromatic N) is 1. The Morgan fingerprint density at radius 3 is 2.81 bits per heavy atom. The SMILES string of the molecule is C=C1CC(C)(C)C=C(c2cccnc2)C1=O. The fourth-order valence-corrected chi connectivity index (χ4v) is 2.06. The Morgan fingerprint density at radius 2 is 2.19 bits per heavy atom. The van der Waals surface area contributed by atoms with Crippen molar-refractivity contribution >= 4 is 11.4 Å². The molecule has 1 heterocycles. The molecule has 1 aliphatic carbocycles. The van der Waals surface area contributed by atoms with Gasteiger partial charge in [0.05, 0.1) is 0 Å². The van der Waals surface area contributed by atoms with Crippen molar-refractivity contribution in [3.05, 3.63) is 48.3 Å². The number of rotatable bonds is 1. The molecular formula is C14H15NO. The summed E-state index contributed by atoms with van der Waals surface area (Å²) in [6, 6.07) is 3.75. The third-order valence-electron chi connectivity index (χ3n) is 2.74. The van der Waals surface area contributed by atoms with Crippen LogP contribution >= 0.6 is 0 Å². The van der Waals surface area contributed by atoms with Gasteiger partial charge in [0.25, 0.3) is 0 Å². The summed E-state index contributed by atoms with van der Waals surface area (Å²) in [5.74, 6) is 0.0484. The highest BCUT2D eigenvalue weighted by Crippen LogP contribution is 2.37. The molecule has 0 saturated heterocycles. The Balaban J connectivity index is 2.51. The second kappa shape index (κ2) is 3.71. The van der Waals surface area contributed by atoms with Crippen LogP contribution in [-0.4, -0.2) is 10.8 Å². The number of pyridine rings is 1. The molecular weight excluding hydrogens is 198 g/mol. The van der Waals surface area contributed by atoms with Crippen molar-refractivity contribution in [1.29, 1.82) is 0 Å². The number of aromatic nitrogens is 1. The first-order valence-corrected chi connectivity index (χ1v) is 5.35. The molecule has 1 aliphatic rings. The Labute approximate surface area is 95.7 Å². The summed E-state index contributed by atoms with van der Waals surface area (Å²) in [4.78, 5) is 16.1. The van der Waals surface area contributed by atoms with Crippen LogP contribution in [-0.2, 0) is 4.79 Å². The number of hydrogen-bond acceptors (Lipinski definition) is 2. The van der Waals surface area contributed by atoms with Gasteiger partial charge in [-0.15, -0.1) is 0 Å². The Morgan fingerprint density at radius 1 is 1.44 bits per heavy atom. The predicted octanol–water partition coefficient (Wildman–Crippen LogP) is 3.02. The molecule has 0 bridgehead atoms. The minimum Gasteiger partial charge on any atom is -0.289 e. The first-order valence-electron chi connectivity index (χ1n) is 5.35. The average molecular weight is 213 g/mol. The number of carbonyl (C=O) groups excluding carboxylic acids is 1. The summed E-state index contributed by atoms with van der Waals surface area (Å²) in [7, 11) is 0. The molecule has 0 spiro atoms. The lowest BCUT2D eigenvalue weighted by Gasteiger charge is -2.28. The zero-order valence-electron chi connectivity index (χ0n) is 9.66. The van der Waals surface area contributed by atoms with E-state index in [9.17, 15) is 4.79 Å². The van der Waals surface area contributed by atoms with E-state index in [1.165, 1.54) is 0 Å². The molecule has 2 nitrogen and oxygen atoms in total. The normalized spacial score (nSPS) is 19.5. The average Bonchev–Trinajstić information content (AvgIpc) is 2.24. The second-order valence-corrected chi connectivity index (χ2v) is 4.90. The molecule has 0 aromatic carbocycles. The van der Waals surface area contributed by atoms with Crippen molar-refractivity contribution in [3.63, 3.8) is 0 Å². The molecule has 82 valence electrons. The molecule has 0 atom stereocenters. The van der Waals surface area contributed by atoms with Crippen LogP contribution in [0.2, 0.25) is 0 Å². The highest BCUT2D eigenvalue weighted by Gasteiger charge is 2.29. The van der Waals surface area contributed by atoms with Crippen LogP contribution in [0.1, 0.15) is 25.8 Å². The fraction of sp³-hybridized carbons (Fsp3) is 0.286. The number of hydrogen-bond donors (Lipinski definition) is 0. The summed E-state index contributed by atoms with van der Waals surface area (Å²) < 4.78 is 0. The van der Waals surface area contributed by atoms with Crippen LogP contribution in [0, 0.1) is 5.41 Å². The molecule has 0 aliphatic heterocycles. The van der Waals surface area contributed by atoms with Gasteiger partial charge in [-0.3, -0.25) is 9.78 Å². The molecule has 0 saturated carbocycles. The van der Waals surface area contributed by atoms with Crippen molar-refractivity contribution in [2.45, 2.75) is 20.3 Å². The van der Waals surface area contributed by atoms with E-state index in [4.69, 9.17) is 0 Å². The first kappa shape index (κ1) is 10.8. The van der Waals surface area contributed by atoms with Crippen LogP contribution in [0.15, 0.2) is 42.8 Å². The predicted molar refractivity (Wildman–Crippen MR) is 64.8 cm³/mol.